The van der Waals surface area contributed by atoms with Gasteiger partial charge in [-0.05, 0) is 55.3 Å². The summed E-state index contributed by atoms with van der Waals surface area (Å²) in [5.41, 5.74) is 1.89. The lowest BCUT2D eigenvalue weighted by Gasteiger charge is -2.40. The summed E-state index contributed by atoms with van der Waals surface area (Å²) in [5.74, 6) is -0.0569. The summed E-state index contributed by atoms with van der Waals surface area (Å²) in [6.07, 6.45) is 2.53. The molecule has 1 saturated heterocycles. The van der Waals surface area contributed by atoms with Crippen LogP contribution in [0, 0.1) is 0 Å². The third-order valence-electron chi connectivity index (χ3n) is 4.81. The molecule has 0 aromatic heterocycles. The highest BCUT2D eigenvalue weighted by Gasteiger charge is 2.36. The molecule has 0 aliphatic carbocycles. The summed E-state index contributed by atoms with van der Waals surface area (Å²) in [6.45, 7) is 0.712. The predicted octanol–water partition coefficient (Wildman–Crippen LogP) is 5.14. The van der Waals surface area contributed by atoms with Crippen molar-refractivity contribution in [2.24, 2.45) is 0 Å². The maximum Gasteiger partial charge on any atom is 0.320 e. The van der Waals surface area contributed by atoms with Crippen LogP contribution in [0.5, 0.6) is 5.75 Å². The number of carbonyl (C=O) groups is 1. The van der Waals surface area contributed by atoms with E-state index in [2.05, 4.69) is 20.8 Å². The second kappa shape index (κ2) is 8.42. The minimum absolute atomic E-state index is 0.248. The molecule has 0 radical (unpaired) electrons. The highest BCUT2D eigenvalue weighted by Crippen LogP contribution is 2.40. The van der Waals surface area contributed by atoms with Crippen LogP contribution in [0.1, 0.15) is 36.4 Å². The van der Waals surface area contributed by atoms with Crippen molar-refractivity contribution in [3.63, 3.8) is 0 Å². The van der Waals surface area contributed by atoms with Gasteiger partial charge in [-0.1, -0.05) is 46.1 Å². The number of halogens is 2. The molecule has 1 N–H and O–H groups in total. The molecule has 0 amide bonds. The molecule has 26 heavy (non-hydrogen) atoms. The molecular weight excluding hydrogens is 418 g/mol. The first-order valence-corrected chi connectivity index (χ1v) is 9.76. The molecular formula is C20H21BrClNO3. The molecule has 0 spiro atoms. The third kappa shape index (κ3) is 4.05. The molecule has 3 rings (SSSR count). The van der Waals surface area contributed by atoms with E-state index in [9.17, 15) is 9.90 Å². The summed E-state index contributed by atoms with van der Waals surface area (Å²) >= 11 is 9.78. The maximum atomic E-state index is 11.9. The highest BCUT2D eigenvalue weighted by molar-refractivity contribution is 9.10. The molecule has 0 bridgehead atoms. The Morgan fingerprint density at radius 2 is 2.12 bits per heavy atom. The fourth-order valence-electron chi connectivity index (χ4n) is 3.67. The lowest BCUT2D eigenvalue weighted by molar-refractivity contribution is -0.145. The first kappa shape index (κ1) is 19.2. The van der Waals surface area contributed by atoms with Crippen LogP contribution in [0.4, 0.5) is 0 Å². The molecule has 2 unspecified atom stereocenters. The summed E-state index contributed by atoms with van der Waals surface area (Å²) in [6, 6.07) is 12.7. The van der Waals surface area contributed by atoms with Crippen LogP contribution >= 0.6 is 27.5 Å². The summed E-state index contributed by atoms with van der Waals surface area (Å²) in [5, 5.41) is 10.4. The van der Waals surface area contributed by atoms with Gasteiger partial charge in [0.1, 0.15) is 11.8 Å². The molecule has 1 aliphatic heterocycles. The van der Waals surface area contributed by atoms with E-state index in [-0.39, 0.29) is 6.04 Å². The first-order valence-electron chi connectivity index (χ1n) is 8.58. The second-order valence-electron chi connectivity index (χ2n) is 6.43. The third-order valence-corrected chi connectivity index (χ3v) is 5.54. The maximum absolute atomic E-state index is 11.9. The van der Waals surface area contributed by atoms with Crippen LogP contribution in [0.2, 0.25) is 5.02 Å². The van der Waals surface area contributed by atoms with Crippen LogP contribution in [0.3, 0.4) is 0 Å². The minimum Gasteiger partial charge on any atom is -0.496 e. The predicted molar refractivity (Wildman–Crippen MR) is 106 cm³/mol. The van der Waals surface area contributed by atoms with Gasteiger partial charge in [0.15, 0.2) is 0 Å². The zero-order valence-electron chi connectivity index (χ0n) is 14.5. The minimum atomic E-state index is -0.786. The normalized spacial score (nSPS) is 19.1. The standard InChI is InChI=1S/C20H21BrClNO3/c1-26-18-9-8-14(21)12-16(18)19(13-5-4-6-15(22)11-13)23-10-3-2-7-17(23)20(24)25/h4-6,8-9,11-12,17,19H,2-3,7,10H2,1H3,(H,24,25). The number of hydrogen-bond acceptors (Lipinski definition) is 3. The van der Waals surface area contributed by atoms with E-state index >= 15 is 0 Å². The van der Waals surface area contributed by atoms with Crippen molar-refractivity contribution in [2.45, 2.75) is 31.3 Å². The Hall–Kier alpha value is -1.56. The van der Waals surface area contributed by atoms with Crippen LogP contribution in [-0.2, 0) is 4.79 Å². The average molecular weight is 439 g/mol. The molecule has 2 atom stereocenters. The lowest BCUT2D eigenvalue weighted by atomic mass is 9.91. The number of nitrogens with zero attached hydrogens (tertiary/aromatic N) is 1. The molecule has 4 nitrogen and oxygen atoms in total. The van der Waals surface area contributed by atoms with Gasteiger partial charge in [0.2, 0.25) is 0 Å². The van der Waals surface area contributed by atoms with Crippen molar-refractivity contribution >= 4 is 33.5 Å². The Balaban J connectivity index is 2.17. The Kier molecular flexibility index (Phi) is 6.22. The first-order chi connectivity index (χ1) is 12.5. The van der Waals surface area contributed by atoms with Gasteiger partial charge >= 0.3 is 5.97 Å². The average Bonchev–Trinajstić information content (AvgIpc) is 2.62. The van der Waals surface area contributed by atoms with Crippen molar-refractivity contribution in [2.75, 3.05) is 13.7 Å². The van der Waals surface area contributed by atoms with Crippen LogP contribution in [0.15, 0.2) is 46.9 Å². The number of piperidine rings is 1. The fraction of sp³-hybridized carbons (Fsp3) is 0.350. The molecule has 138 valence electrons. The van der Waals surface area contributed by atoms with Crippen molar-refractivity contribution in [1.29, 1.82) is 0 Å². The van der Waals surface area contributed by atoms with Crippen molar-refractivity contribution < 1.29 is 14.6 Å². The van der Waals surface area contributed by atoms with E-state index in [1.807, 2.05) is 42.5 Å². The Bertz CT molecular complexity index is 798. The molecule has 0 saturated carbocycles. The van der Waals surface area contributed by atoms with Gasteiger partial charge in [-0.2, -0.15) is 0 Å². The summed E-state index contributed by atoms with van der Waals surface area (Å²) < 4.78 is 6.51. The van der Waals surface area contributed by atoms with E-state index in [1.54, 1.807) is 7.11 Å². The monoisotopic (exact) mass is 437 g/mol. The van der Waals surface area contributed by atoms with E-state index in [4.69, 9.17) is 16.3 Å². The SMILES string of the molecule is COc1ccc(Br)cc1C(c1cccc(Cl)c1)N1CCCCC1C(=O)O. The molecule has 1 heterocycles. The highest BCUT2D eigenvalue weighted by atomic mass is 79.9. The Morgan fingerprint density at radius 1 is 1.31 bits per heavy atom. The number of carboxylic acid groups (broad SMARTS) is 1. The lowest BCUT2D eigenvalue weighted by Crippen LogP contribution is -2.46. The summed E-state index contributed by atoms with van der Waals surface area (Å²) in [4.78, 5) is 14.0. The number of benzene rings is 2. The van der Waals surface area contributed by atoms with Gasteiger partial charge in [-0.25, -0.2) is 0 Å². The number of aliphatic carboxylic acids is 1. The number of likely N-dealkylation sites (tertiary alicyclic amines) is 1. The van der Waals surface area contributed by atoms with Gasteiger partial charge in [0.05, 0.1) is 13.2 Å². The van der Waals surface area contributed by atoms with E-state index in [0.29, 0.717) is 18.0 Å². The topological polar surface area (TPSA) is 49.8 Å². The van der Waals surface area contributed by atoms with Gasteiger partial charge in [0.25, 0.3) is 0 Å². The van der Waals surface area contributed by atoms with Crippen molar-refractivity contribution in [3.05, 3.63) is 63.1 Å². The van der Waals surface area contributed by atoms with E-state index < -0.39 is 12.0 Å². The molecule has 6 heteroatoms. The van der Waals surface area contributed by atoms with Gasteiger partial charge in [-0.3, -0.25) is 9.69 Å². The number of methoxy groups -OCH3 is 1. The van der Waals surface area contributed by atoms with Gasteiger partial charge < -0.3 is 9.84 Å². The zero-order valence-corrected chi connectivity index (χ0v) is 16.8. The smallest absolute Gasteiger partial charge is 0.320 e. The largest absolute Gasteiger partial charge is 0.496 e. The van der Waals surface area contributed by atoms with E-state index in [0.717, 1.165) is 34.2 Å². The Morgan fingerprint density at radius 3 is 2.81 bits per heavy atom. The zero-order chi connectivity index (χ0) is 18.7. The number of ether oxygens (including phenoxy) is 1. The summed E-state index contributed by atoms with van der Waals surface area (Å²) in [7, 11) is 1.63. The quantitative estimate of drug-likeness (QED) is 0.702. The number of rotatable bonds is 5. The molecule has 2 aromatic carbocycles. The van der Waals surface area contributed by atoms with Crippen LogP contribution in [0.25, 0.3) is 0 Å². The van der Waals surface area contributed by atoms with Crippen LogP contribution in [-0.4, -0.2) is 35.7 Å². The molecule has 1 fully saturated rings. The molecule has 1 aliphatic rings. The number of carboxylic acids is 1. The van der Waals surface area contributed by atoms with Gasteiger partial charge in [0, 0.05) is 15.1 Å². The van der Waals surface area contributed by atoms with Crippen LogP contribution < -0.4 is 4.74 Å². The molecule has 2 aromatic rings. The number of hydrogen-bond donors (Lipinski definition) is 1. The fourth-order valence-corrected chi connectivity index (χ4v) is 4.25. The van der Waals surface area contributed by atoms with E-state index in [1.165, 1.54) is 0 Å². The van der Waals surface area contributed by atoms with Crippen molar-refractivity contribution in [3.8, 4) is 5.75 Å². The Labute approximate surface area is 166 Å². The van der Waals surface area contributed by atoms with Crippen molar-refractivity contribution in [1.82, 2.24) is 4.90 Å². The second-order valence-corrected chi connectivity index (χ2v) is 7.78. The van der Waals surface area contributed by atoms with Gasteiger partial charge in [-0.15, -0.1) is 0 Å².